The van der Waals surface area contributed by atoms with E-state index in [1.807, 2.05) is 41.5 Å². The maximum atomic E-state index is 12.7. The third kappa shape index (κ3) is 3.12. The van der Waals surface area contributed by atoms with Crippen LogP contribution in [0.2, 0.25) is 0 Å². The van der Waals surface area contributed by atoms with Gasteiger partial charge in [0.05, 0.1) is 0 Å². The summed E-state index contributed by atoms with van der Waals surface area (Å²) >= 11 is 1.61. The number of hydrogen-bond acceptors (Lipinski definition) is 3. The lowest BCUT2D eigenvalue weighted by atomic mass is 10.1. The van der Waals surface area contributed by atoms with Crippen LogP contribution in [0.25, 0.3) is 0 Å². The molecule has 1 fully saturated rings. The largest absolute Gasteiger partial charge is 0.338 e. The zero-order valence-electron chi connectivity index (χ0n) is 11.6. The van der Waals surface area contributed by atoms with E-state index >= 15 is 0 Å². The van der Waals surface area contributed by atoms with Gasteiger partial charge in [-0.3, -0.25) is 4.79 Å². The van der Waals surface area contributed by atoms with Gasteiger partial charge >= 0.3 is 0 Å². The summed E-state index contributed by atoms with van der Waals surface area (Å²) < 4.78 is 0. The van der Waals surface area contributed by atoms with E-state index in [1.165, 1.54) is 0 Å². The van der Waals surface area contributed by atoms with E-state index in [0.717, 1.165) is 18.5 Å². The van der Waals surface area contributed by atoms with Gasteiger partial charge in [0.1, 0.15) is 5.25 Å². The minimum atomic E-state index is -0.0971. The predicted molar refractivity (Wildman–Crippen MR) is 81.0 cm³/mol. The summed E-state index contributed by atoms with van der Waals surface area (Å²) in [4.78, 5) is 14.7. The minimum Gasteiger partial charge on any atom is -0.338 e. The summed E-state index contributed by atoms with van der Waals surface area (Å²) in [6.45, 7) is 3.60. The summed E-state index contributed by atoms with van der Waals surface area (Å²) in [5, 5.41) is -0.0971. The number of nitrogens with zero attached hydrogens (tertiary/aromatic N) is 1. The molecule has 1 aliphatic rings. The lowest BCUT2D eigenvalue weighted by Gasteiger charge is -2.26. The molecule has 3 nitrogen and oxygen atoms in total. The van der Waals surface area contributed by atoms with Crippen molar-refractivity contribution in [2.75, 3.05) is 19.3 Å². The number of carbonyl (C=O) groups excluding carboxylic acids is 1. The maximum absolute atomic E-state index is 12.7. The van der Waals surface area contributed by atoms with Crippen molar-refractivity contribution in [2.24, 2.45) is 11.7 Å². The van der Waals surface area contributed by atoms with Gasteiger partial charge in [-0.25, -0.2) is 0 Å². The van der Waals surface area contributed by atoms with Gasteiger partial charge in [0.15, 0.2) is 0 Å². The molecule has 0 radical (unpaired) electrons. The van der Waals surface area contributed by atoms with Crippen LogP contribution >= 0.6 is 11.8 Å². The van der Waals surface area contributed by atoms with E-state index in [4.69, 9.17) is 5.73 Å². The highest BCUT2D eigenvalue weighted by Gasteiger charge is 2.35. The molecule has 0 spiro atoms. The fraction of sp³-hybridized carbons (Fsp3) is 0.533. The second kappa shape index (κ2) is 6.44. The van der Waals surface area contributed by atoms with Gasteiger partial charge < -0.3 is 10.6 Å². The minimum absolute atomic E-state index is 0.0971. The number of thioether (sulfide) groups is 1. The average Bonchev–Trinajstić information content (AvgIpc) is 2.82. The Hall–Kier alpha value is -1.00. The lowest BCUT2D eigenvalue weighted by Crippen LogP contribution is -2.37. The van der Waals surface area contributed by atoms with Crippen LogP contribution in [-0.2, 0) is 4.79 Å². The lowest BCUT2D eigenvalue weighted by molar-refractivity contribution is -0.131. The Morgan fingerprint density at radius 1 is 1.47 bits per heavy atom. The molecule has 2 rings (SSSR count). The van der Waals surface area contributed by atoms with Crippen LogP contribution < -0.4 is 5.73 Å². The number of amides is 1. The van der Waals surface area contributed by atoms with E-state index in [9.17, 15) is 4.79 Å². The Labute approximate surface area is 119 Å². The molecule has 2 N–H and O–H groups in total. The van der Waals surface area contributed by atoms with Crippen molar-refractivity contribution in [1.29, 1.82) is 0 Å². The standard InChI is InChI=1S/C15H22N2OS/c1-11-8-12(9-16)10-17(11)15(18)14(19-2)13-6-4-3-5-7-13/h3-7,11-12,14H,8-10,16H2,1-2H3. The normalized spacial score (nSPS) is 24.5. The van der Waals surface area contributed by atoms with Crippen molar-refractivity contribution in [1.82, 2.24) is 4.90 Å². The molecule has 4 heteroatoms. The fourth-order valence-electron chi connectivity index (χ4n) is 2.78. The Kier molecular flexibility index (Phi) is 4.88. The van der Waals surface area contributed by atoms with Gasteiger partial charge in [0.25, 0.3) is 0 Å². The van der Waals surface area contributed by atoms with Crippen LogP contribution in [-0.4, -0.2) is 36.2 Å². The predicted octanol–water partition coefficient (Wildman–Crippen LogP) is 2.29. The summed E-state index contributed by atoms with van der Waals surface area (Å²) in [5.41, 5.74) is 6.82. The topological polar surface area (TPSA) is 46.3 Å². The third-order valence-electron chi connectivity index (χ3n) is 3.84. The van der Waals surface area contributed by atoms with Crippen LogP contribution in [0.5, 0.6) is 0 Å². The van der Waals surface area contributed by atoms with Crippen LogP contribution in [0.1, 0.15) is 24.2 Å². The van der Waals surface area contributed by atoms with Crippen LogP contribution in [0, 0.1) is 5.92 Å². The number of benzene rings is 1. The summed E-state index contributed by atoms with van der Waals surface area (Å²) in [6.07, 6.45) is 3.02. The SMILES string of the molecule is CSC(C(=O)N1CC(CN)CC1C)c1ccccc1. The third-order valence-corrected chi connectivity index (χ3v) is 4.79. The molecule has 0 saturated carbocycles. The first kappa shape index (κ1) is 14.4. The highest BCUT2D eigenvalue weighted by atomic mass is 32.2. The molecule has 0 aromatic heterocycles. The van der Waals surface area contributed by atoms with Crippen LogP contribution in [0.3, 0.4) is 0 Å². The quantitative estimate of drug-likeness (QED) is 0.919. The molecular weight excluding hydrogens is 256 g/mol. The van der Waals surface area contributed by atoms with Gasteiger partial charge in [-0.15, -0.1) is 11.8 Å². The summed E-state index contributed by atoms with van der Waals surface area (Å²) in [6, 6.07) is 10.3. The van der Waals surface area contributed by atoms with Gasteiger partial charge in [-0.05, 0) is 37.6 Å². The number of likely N-dealkylation sites (tertiary alicyclic amines) is 1. The molecule has 1 aromatic carbocycles. The van der Waals surface area contributed by atoms with Crippen molar-refractivity contribution >= 4 is 17.7 Å². The molecule has 1 aliphatic heterocycles. The fourth-order valence-corrected chi connectivity index (χ4v) is 3.54. The number of rotatable bonds is 4. The first-order chi connectivity index (χ1) is 9.17. The van der Waals surface area contributed by atoms with Gasteiger partial charge in [0, 0.05) is 12.6 Å². The molecule has 3 unspecified atom stereocenters. The molecule has 104 valence electrons. The van der Waals surface area contributed by atoms with Crippen LogP contribution in [0.15, 0.2) is 30.3 Å². The van der Waals surface area contributed by atoms with Crippen molar-refractivity contribution in [3.63, 3.8) is 0 Å². The molecule has 0 aliphatic carbocycles. The molecule has 19 heavy (non-hydrogen) atoms. The smallest absolute Gasteiger partial charge is 0.240 e. The van der Waals surface area contributed by atoms with Crippen molar-refractivity contribution in [3.8, 4) is 0 Å². The van der Waals surface area contributed by atoms with E-state index in [2.05, 4.69) is 6.92 Å². The Balaban J connectivity index is 2.14. The molecule has 3 atom stereocenters. The van der Waals surface area contributed by atoms with Gasteiger partial charge in [-0.2, -0.15) is 0 Å². The van der Waals surface area contributed by atoms with Crippen molar-refractivity contribution < 1.29 is 4.79 Å². The molecule has 1 heterocycles. The number of hydrogen-bond donors (Lipinski definition) is 1. The monoisotopic (exact) mass is 278 g/mol. The number of carbonyl (C=O) groups is 1. The summed E-state index contributed by atoms with van der Waals surface area (Å²) in [5.74, 6) is 0.680. The Bertz CT molecular complexity index is 423. The highest BCUT2D eigenvalue weighted by molar-refractivity contribution is 7.99. The first-order valence-electron chi connectivity index (χ1n) is 6.75. The Morgan fingerprint density at radius 3 is 2.68 bits per heavy atom. The Morgan fingerprint density at radius 2 is 2.16 bits per heavy atom. The highest BCUT2D eigenvalue weighted by Crippen LogP contribution is 2.32. The van der Waals surface area contributed by atoms with Gasteiger partial charge in [-0.1, -0.05) is 30.3 Å². The summed E-state index contributed by atoms with van der Waals surface area (Å²) in [7, 11) is 0. The van der Waals surface area contributed by atoms with Crippen LogP contribution in [0.4, 0.5) is 0 Å². The molecule has 1 saturated heterocycles. The second-order valence-electron chi connectivity index (χ2n) is 5.20. The molecular formula is C15H22N2OS. The van der Waals surface area contributed by atoms with E-state index in [1.54, 1.807) is 11.8 Å². The number of nitrogens with two attached hydrogens (primary N) is 1. The zero-order chi connectivity index (χ0) is 13.8. The van der Waals surface area contributed by atoms with Crippen molar-refractivity contribution in [3.05, 3.63) is 35.9 Å². The van der Waals surface area contributed by atoms with E-state index < -0.39 is 0 Å². The molecule has 0 bridgehead atoms. The van der Waals surface area contributed by atoms with E-state index in [-0.39, 0.29) is 11.2 Å². The van der Waals surface area contributed by atoms with E-state index in [0.29, 0.717) is 18.5 Å². The van der Waals surface area contributed by atoms with Gasteiger partial charge in [0.2, 0.25) is 5.91 Å². The second-order valence-corrected chi connectivity index (χ2v) is 6.15. The average molecular weight is 278 g/mol. The first-order valence-corrected chi connectivity index (χ1v) is 8.04. The molecule has 1 aromatic rings. The van der Waals surface area contributed by atoms with Crippen molar-refractivity contribution in [2.45, 2.75) is 24.6 Å². The molecule has 1 amide bonds. The maximum Gasteiger partial charge on any atom is 0.240 e. The zero-order valence-corrected chi connectivity index (χ0v) is 12.4.